The largest absolute Gasteiger partial charge is 0.408 e. The van der Waals surface area contributed by atoms with Gasteiger partial charge < -0.3 is 13.3 Å². The molecule has 1 saturated carbocycles. The molecular formula is C31H50O4Si3. The highest BCUT2D eigenvalue weighted by Crippen LogP contribution is 2.42. The first kappa shape index (κ1) is 31.2. The van der Waals surface area contributed by atoms with Crippen LogP contribution in [0.2, 0.25) is 42.8 Å². The van der Waals surface area contributed by atoms with E-state index in [2.05, 4.69) is 135 Å². The van der Waals surface area contributed by atoms with E-state index in [1.165, 1.54) is 10.4 Å². The highest BCUT2D eigenvalue weighted by molar-refractivity contribution is 6.99. The molecule has 3 atom stereocenters. The van der Waals surface area contributed by atoms with Gasteiger partial charge in [-0.05, 0) is 53.2 Å². The van der Waals surface area contributed by atoms with Crippen molar-refractivity contribution in [2.24, 2.45) is 0 Å². The van der Waals surface area contributed by atoms with Gasteiger partial charge in [-0.1, -0.05) is 102 Å². The third-order valence-electron chi connectivity index (χ3n) is 8.09. The smallest absolute Gasteiger partial charge is 0.261 e. The number of rotatable bonds is 8. The van der Waals surface area contributed by atoms with Crippen molar-refractivity contribution >= 4 is 41.1 Å². The molecule has 0 heterocycles. The number of carbonyl (C=O) groups is 1. The Labute approximate surface area is 234 Å². The predicted octanol–water partition coefficient (Wildman–Crippen LogP) is 6.91. The van der Waals surface area contributed by atoms with Crippen molar-refractivity contribution in [2.45, 2.75) is 116 Å². The van der Waals surface area contributed by atoms with Crippen LogP contribution in [0.5, 0.6) is 0 Å². The maximum absolute atomic E-state index is 13.8. The molecule has 210 valence electrons. The third-order valence-corrected chi connectivity index (χ3v) is 18.7. The van der Waals surface area contributed by atoms with Gasteiger partial charge in [-0.25, -0.2) is 0 Å². The first-order valence-corrected chi connectivity index (χ1v) is 22.3. The molecule has 0 unspecified atom stereocenters. The van der Waals surface area contributed by atoms with E-state index in [1.54, 1.807) is 0 Å². The average molecular weight is 571 g/mol. The number of carbonyl (C=O) groups excluding carboxylic acids is 1. The highest BCUT2D eigenvalue weighted by Gasteiger charge is 2.54. The average Bonchev–Trinajstić information content (AvgIpc) is 2.79. The van der Waals surface area contributed by atoms with Gasteiger partial charge in [0.25, 0.3) is 8.32 Å². The molecule has 0 N–H and O–H groups in total. The number of hydrogen-bond donors (Lipinski definition) is 0. The van der Waals surface area contributed by atoms with Crippen LogP contribution in [0.3, 0.4) is 0 Å². The molecule has 1 fully saturated rings. The Bertz CT molecular complexity index is 1030. The van der Waals surface area contributed by atoms with Crippen LogP contribution in [0.1, 0.15) is 54.4 Å². The van der Waals surface area contributed by atoms with Gasteiger partial charge >= 0.3 is 0 Å². The maximum Gasteiger partial charge on any atom is 0.261 e. The summed E-state index contributed by atoms with van der Waals surface area (Å²) in [5.41, 5.74) is 0. The molecule has 0 aromatic heterocycles. The molecule has 7 heteroatoms. The Morgan fingerprint density at radius 1 is 0.632 bits per heavy atom. The molecule has 3 rings (SSSR count). The van der Waals surface area contributed by atoms with Crippen LogP contribution in [0.15, 0.2) is 60.7 Å². The van der Waals surface area contributed by atoms with Crippen LogP contribution in [-0.2, 0) is 18.1 Å². The van der Waals surface area contributed by atoms with Crippen molar-refractivity contribution in [3.63, 3.8) is 0 Å². The van der Waals surface area contributed by atoms with Crippen LogP contribution < -0.4 is 10.4 Å². The molecule has 0 amide bonds. The summed E-state index contributed by atoms with van der Waals surface area (Å²) in [5.74, 6) is 0.0968. The minimum atomic E-state index is -2.77. The molecule has 1 aliphatic rings. The second-order valence-corrected chi connectivity index (χ2v) is 27.8. The van der Waals surface area contributed by atoms with Crippen LogP contribution in [0, 0.1) is 0 Å². The lowest BCUT2D eigenvalue weighted by molar-refractivity contribution is -0.141. The van der Waals surface area contributed by atoms with Gasteiger partial charge in [0.1, 0.15) is 12.2 Å². The van der Waals surface area contributed by atoms with Crippen LogP contribution >= 0.6 is 0 Å². The van der Waals surface area contributed by atoms with E-state index >= 15 is 0 Å². The fourth-order valence-corrected chi connectivity index (χ4v) is 12.3. The van der Waals surface area contributed by atoms with Crippen LogP contribution in [-0.4, -0.2) is 49.0 Å². The fourth-order valence-electron chi connectivity index (χ4n) is 5.22. The summed E-state index contributed by atoms with van der Waals surface area (Å²) < 4.78 is 20.8. The van der Waals surface area contributed by atoms with Gasteiger partial charge in [-0.15, -0.1) is 0 Å². The normalized spacial score (nSPS) is 22.0. The van der Waals surface area contributed by atoms with Gasteiger partial charge in [0.15, 0.2) is 22.4 Å². The van der Waals surface area contributed by atoms with E-state index in [0.29, 0.717) is 12.8 Å². The molecule has 4 nitrogen and oxygen atoms in total. The third kappa shape index (κ3) is 6.85. The van der Waals surface area contributed by atoms with Gasteiger partial charge in [-0.3, -0.25) is 4.79 Å². The second-order valence-electron chi connectivity index (χ2n) is 14.4. The van der Waals surface area contributed by atoms with E-state index in [4.69, 9.17) is 13.3 Å². The van der Waals surface area contributed by atoms with E-state index in [-0.39, 0.29) is 22.0 Å². The van der Waals surface area contributed by atoms with Crippen molar-refractivity contribution < 1.29 is 18.1 Å². The number of hydrogen-bond acceptors (Lipinski definition) is 4. The van der Waals surface area contributed by atoms with Gasteiger partial charge in [0.05, 0.1) is 6.10 Å². The van der Waals surface area contributed by atoms with E-state index in [0.717, 1.165) is 0 Å². The SMILES string of the molecule is CC(C)(C)[Si](C)(C)O[C@H]1C[C@H](O[Si](c2ccccc2)(c2ccccc2)C(C)(C)C)C[C@@H](O[Si](C)(C)C)C1=O. The Hall–Kier alpha value is -1.36. The monoisotopic (exact) mass is 570 g/mol. The minimum Gasteiger partial charge on any atom is -0.408 e. The molecule has 0 radical (unpaired) electrons. The zero-order valence-corrected chi connectivity index (χ0v) is 28.6. The molecule has 2 aromatic carbocycles. The first-order chi connectivity index (χ1) is 17.4. The molecule has 38 heavy (non-hydrogen) atoms. The standard InChI is InChI=1S/C31H50O4Si3/c1-30(2,3)37(10,11)35-28-23-24(22-27(29(28)32)34-36(7,8)9)33-38(31(4,5)6,25-18-14-12-15-19-25)26-20-16-13-17-21-26/h12-21,24,27-28H,22-23H2,1-11H3/t24-,27-,28+/m1/s1. The van der Waals surface area contributed by atoms with Gasteiger partial charge in [0.2, 0.25) is 0 Å². The highest BCUT2D eigenvalue weighted by atomic mass is 28.4. The summed E-state index contributed by atoms with van der Waals surface area (Å²) in [6.45, 7) is 24.5. The zero-order chi connectivity index (χ0) is 28.6. The van der Waals surface area contributed by atoms with Crippen molar-refractivity contribution in [1.82, 2.24) is 0 Å². The molecule has 2 aromatic rings. The van der Waals surface area contributed by atoms with Crippen LogP contribution in [0.4, 0.5) is 0 Å². The maximum atomic E-state index is 13.8. The van der Waals surface area contributed by atoms with Gasteiger partial charge in [-0.2, -0.15) is 0 Å². The van der Waals surface area contributed by atoms with E-state index < -0.39 is 37.2 Å². The summed E-state index contributed by atoms with van der Waals surface area (Å²) in [6, 6.07) is 21.5. The Balaban J connectivity index is 2.10. The van der Waals surface area contributed by atoms with Crippen LogP contribution in [0.25, 0.3) is 0 Å². The van der Waals surface area contributed by atoms with Gasteiger partial charge in [0, 0.05) is 12.8 Å². The lowest BCUT2D eigenvalue weighted by Gasteiger charge is -2.48. The zero-order valence-electron chi connectivity index (χ0n) is 25.6. The lowest BCUT2D eigenvalue weighted by Crippen LogP contribution is -2.68. The molecule has 0 saturated heterocycles. The first-order valence-electron chi connectivity index (χ1n) is 14.1. The minimum absolute atomic E-state index is 0.00814. The molecule has 0 bridgehead atoms. The van der Waals surface area contributed by atoms with Crippen molar-refractivity contribution in [1.29, 1.82) is 0 Å². The van der Waals surface area contributed by atoms with Crippen molar-refractivity contribution in [3.05, 3.63) is 60.7 Å². The van der Waals surface area contributed by atoms with Crippen molar-refractivity contribution in [3.8, 4) is 0 Å². The van der Waals surface area contributed by atoms with Crippen molar-refractivity contribution in [2.75, 3.05) is 0 Å². The van der Waals surface area contributed by atoms with E-state index in [9.17, 15) is 4.79 Å². The summed E-state index contributed by atoms with van der Waals surface area (Å²) >= 11 is 0. The lowest BCUT2D eigenvalue weighted by atomic mass is 9.91. The number of benzene rings is 2. The summed E-state index contributed by atoms with van der Waals surface area (Å²) in [6.07, 6.45) is 0.00421. The number of ketones is 1. The number of Topliss-reactive ketones (excluding diaryl/α,β-unsaturated/α-hetero) is 1. The Morgan fingerprint density at radius 3 is 1.42 bits per heavy atom. The molecule has 1 aliphatic carbocycles. The molecule has 0 aliphatic heterocycles. The quantitative estimate of drug-likeness (QED) is 0.324. The summed E-state index contributed by atoms with van der Waals surface area (Å²) in [4.78, 5) is 13.8. The topological polar surface area (TPSA) is 44.8 Å². The molecular weight excluding hydrogens is 521 g/mol. The second kappa shape index (κ2) is 11.3. The predicted molar refractivity (Wildman–Crippen MR) is 167 cm³/mol. The fraction of sp³-hybridized carbons (Fsp3) is 0.581. The molecule has 0 spiro atoms. The summed E-state index contributed by atoms with van der Waals surface area (Å²) in [7, 11) is -6.93. The van der Waals surface area contributed by atoms with E-state index in [1.807, 2.05) is 0 Å². The Kier molecular flexibility index (Phi) is 9.23. The Morgan fingerprint density at radius 2 is 1.05 bits per heavy atom. The summed E-state index contributed by atoms with van der Waals surface area (Å²) in [5, 5.41) is 2.37.